The highest BCUT2D eigenvalue weighted by Crippen LogP contribution is 2.24. The van der Waals surface area contributed by atoms with Crippen molar-refractivity contribution < 1.29 is 0 Å². The van der Waals surface area contributed by atoms with Crippen molar-refractivity contribution in [3.8, 4) is 0 Å². The highest BCUT2D eigenvalue weighted by atomic mass is 35.5. The van der Waals surface area contributed by atoms with Crippen LogP contribution in [0.3, 0.4) is 0 Å². The molecule has 2 aromatic rings. The molecule has 1 aromatic heterocycles. The third-order valence-electron chi connectivity index (χ3n) is 3.32. The summed E-state index contributed by atoms with van der Waals surface area (Å²) in [4.78, 5) is 6.60. The van der Waals surface area contributed by atoms with E-state index < -0.39 is 0 Å². The van der Waals surface area contributed by atoms with Gasteiger partial charge in [-0.3, -0.25) is 0 Å². The van der Waals surface area contributed by atoms with Crippen molar-refractivity contribution >= 4 is 28.6 Å². The lowest BCUT2D eigenvalue weighted by Crippen LogP contribution is -2.29. The molecule has 0 amide bonds. The zero-order valence-corrected chi connectivity index (χ0v) is 11.8. The maximum atomic E-state index is 6.11. The number of nitrogen functional groups attached to an aromatic ring is 1. The van der Waals surface area contributed by atoms with Crippen LogP contribution in [-0.4, -0.2) is 34.1 Å². The molecule has 0 atom stereocenters. The SMILES string of the molecule is CC(C)N(C)CCn1c(N)nc2c(Cl)cccc21. The second-order valence-corrected chi connectivity index (χ2v) is 5.21. The molecule has 0 spiro atoms. The largest absolute Gasteiger partial charge is 0.369 e. The number of benzene rings is 1. The molecule has 0 aliphatic heterocycles. The molecule has 0 unspecified atom stereocenters. The molecule has 5 heteroatoms. The monoisotopic (exact) mass is 266 g/mol. The quantitative estimate of drug-likeness (QED) is 0.925. The van der Waals surface area contributed by atoms with Gasteiger partial charge in [0.2, 0.25) is 5.95 Å². The number of rotatable bonds is 4. The first kappa shape index (κ1) is 13.2. The van der Waals surface area contributed by atoms with Crippen LogP contribution in [0.15, 0.2) is 18.2 Å². The van der Waals surface area contributed by atoms with Crippen LogP contribution in [0.2, 0.25) is 5.02 Å². The number of hydrogen-bond donors (Lipinski definition) is 1. The Hall–Kier alpha value is -1.26. The highest BCUT2D eigenvalue weighted by Gasteiger charge is 2.11. The molecule has 1 heterocycles. The molecule has 18 heavy (non-hydrogen) atoms. The Kier molecular flexibility index (Phi) is 3.78. The highest BCUT2D eigenvalue weighted by molar-refractivity contribution is 6.35. The number of imidazole rings is 1. The van der Waals surface area contributed by atoms with Crippen molar-refractivity contribution in [1.29, 1.82) is 0 Å². The number of anilines is 1. The van der Waals surface area contributed by atoms with Gasteiger partial charge in [-0.15, -0.1) is 0 Å². The number of nitrogens with zero attached hydrogens (tertiary/aromatic N) is 3. The summed E-state index contributed by atoms with van der Waals surface area (Å²) in [6.07, 6.45) is 0. The number of aromatic nitrogens is 2. The minimum Gasteiger partial charge on any atom is -0.369 e. The van der Waals surface area contributed by atoms with Gasteiger partial charge < -0.3 is 15.2 Å². The van der Waals surface area contributed by atoms with Crippen LogP contribution in [0.25, 0.3) is 11.0 Å². The molecule has 0 aliphatic rings. The molecule has 2 N–H and O–H groups in total. The van der Waals surface area contributed by atoms with E-state index >= 15 is 0 Å². The van der Waals surface area contributed by atoms with E-state index in [0.717, 1.165) is 24.1 Å². The Balaban J connectivity index is 2.28. The summed E-state index contributed by atoms with van der Waals surface area (Å²) in [5, 5.41) is 0.648. The molecular weight excluding hydrogens is 248 g/mol. The molecule has 1 aromatic carbocycles. The van der Waals surface area contributed by atoms with Gasteiger partial charge in [-0.2, -0.15) is 0 Å². The van der Waals surface area contributed by atoms with E-state index in [1.807, 2.05) is 22.8 Å². The van der Waals surface area contributed by atoms with E-state index in [1.165, 1.54) is 0 Å². The fourth-order valence-corrected chi connectivity index (χ4v) is 2.09. The fourth-order valence-electron chi connectivity index (χ4n) is 1.88. The van der Waals surface area contributed by atoms with E-state index in [1.54, 1.807) is 0 Å². The van der Waals surface area contributed by atoms with E-state index in [9.17, 15) is 0 Å². The van der Waals surface area contributed by atoms with E-state index in [0.29, 0.717) is 17.0 Å². The molecule has 0 bridgehead atoms. The lowest BCUT2D eigenvalue weighted by molar-refractivity contribution is 0.264. The van der Waals surface area contributed by atoms with Crippen molar-refractivity contribution in [2.45, 2.75) is 26.4 Å². The van der Waals surface area contributed by atoms with Crippen LogP contribution in [0.1, 0.15) is 13.8 Å². The zero-order valence-electron chi connectivity index (χ0n) is 11.0. The summed E-state index contributed by atoms with van der Waals surface area (Å²) >= 11 is 6.11. The predicted molar refractivity (Wildman–Crippen MR) is 76.9 cm³/mol. The van der Waals surface area contributed by atoms with Gasteiger partial charge in [0.25, 0.3) is 0 Å². The lowest BCUT2D eigenvalue weighted by atomic mass is 10.3. The van der Waals surface area contributed by atoms with Gasteiger partial charge in [-0.1, -0.05) is 17.7 Å². The lowest BCUT2D eigenvalue weighted by Gasteiger charge is -2.21. The standard InChI is InChI=1S/C13H19ClN4/c1-9(2)17(3)7-8-18-11-6-4-5-10(14)12(11)16-13(18)15/h4-6,9H,7-8H2,1-3H3,(H2,15,16). The topological polar surface area (TPSA) is 47.1 Å². The molecule has 0 fully saturated rings. The average Bonchev–Trinajstić information content (AvgIpc) is 2.64. The first-order valence-electron chi connectivity index (χ1n) is 6.11. The van der Waals surface area contributed by atoms with Crippen LogP contribution < -0.4 is 5.73 Å². The van der Waals surface area contributed by atoms with Gasteiger partial charge in [0, 0.05) is 19.1 Å². The Labute approximate surface area is 112 Å². The van der Waals surface area contributed by atoms with Gasteiger partial charge in [0.05, 0.1) is 10.5 Å². The number of halogens is 1. The van der Waals surface area contributed by atoms with Crippen molar-refractivity contribution in [3.63, 3.8) is 0 Å². The zero-order chi connectivity index (χ0) is 13.3. The number of fused-ring (bicyclic) bond motifs is 1. The summed E-state index contributed by atoms with van der Waals surface area (Å²) in [5.74, 6) is 0.523. The summed E-state index contributed by atoms with van der Waals surface area (Å²) < 4.78 is 2.01. The van der Waals surface area contributed by atoms with Gasteiger partial charge in [0.15, 0.2) is 0 Å². The van der Waals surface area contributed by atoms with Crippen molar-refractivity contribution in [1.82, 2.24) is 14.5 Å². The van der Waals surface area contributed by atoms with E-state index in [2.05, 4.69) is 30.8 Å². The number of nitrogens with two attached hydrogens (primary N) is 1. The normalized spacial score (nSPS) is 11.9. The molecule has 4 nitrogen and oxygen atoms in total. The first-order valence-corrected chi connectivity index (χ1v) is 6.49. The second kappa shape index (κ2) is 5.16. The summed E-state index contributed by atoms with van der Waals surface area (Å²) in [7, 11) is 2.10. The van der Waals surface area contributed by atoms with Crippen LogP contribution in [0.4, 0.5) is 5.95 Å². The van der Waals surface area contributed by atoms with Crippen LogP contribution >= 0.6 is 11.6 Å². The van der Waals surface area contributed by atoms with Gasteiger partial charge >= 0.3 is 0 Å². The average molecular weight is 267 g/mol. The maximum Gasteiger partial charge on any atom is 0.201 e. The third kappa shape index (κ3) is 2.44. The fraction of sp³-hybridized carbons (Fsp3) is 0.462. The maximum absolute atomic E-state index is 6.11. The Morgan fingerprint density at radius 3 is 2.83 bits per heavy atom. The van der Waals surface area contributed by atoms with Gasteiger partial charge in [0.1, 0.15) is 5.52 Å². The molecule has 0 saturated heterocycles. The van der Waals surface area contributed by atoms with Gasteiger partial charge in [-0.25, -0.2) is 4.98 Å². The van der Waals surface area contributed by atoms with E-state index in [-0.39, 0.29) is 0 Å². The first-order chi connectivity index (χ1) is 8.50. The molecule has 2 rings (SSSR count). The second-order valence-electron chi connectivity index (χ2n) is 4.80. The van der Waals surface area contributed by atoms with Crippen LogP contribution in [-0.2, 0) is 6.54 Å². The van der Waals surface area contributed by atoms with Crippen molar-refractivity contribution in [3.05, 3.63) is 23.2 Å². The number of hydrogen-bond acceptors (Lipinski definition) is 3. The van der Waals surface area contributed by atoms with E-state index in [4.69, 9.17) is 17.3 Å². The Morgan fingerprint density at radius 1 is 1.44 bits per heavy atom. The van der Waals surface area contributed by atoms with Crippen molar-refractivity contribution in [2.75, 3.05) is 19.3 Å². The van der Waals surface area contributed by atoms with Crippen LogP contribution in [0.5, 0.6) is 0 Å². The minimum absolute atomic E-state index is 0.518. The summed E-state index contributed by atoms with van der Waals surface area (Å²) in [6, 6.07) is 6.28. The van der Waals surface area contributed by atoms with Crippen LogP contribution in [0, 0.1) is 0 Å². The molecule has 0 aliphatic carbocycles. The molecule has 0 saturated carbocycles. The van der Waals surface area contributed by atoms with Gasteiger partial charge in [-0.05, 0) is 33.0 Å². The predicted octanol–water partition coefficient (Wildman–Crippen LogP) is 2.61. The minimum atomic E-state index is 0.518. The Morgan fingerprint density at radius 2 is 2.17 bits per heavy atom. The third-order valence-corrected chi connectivity index (χ3v) is 3.62. The number of para-hydroxylation sites is 1. The molecule has 98 valence electrons. The smallest absolute Gasteiger partial charge is 0.201 e. The number of likely N-dealkylation sites (N-methyl/N-ethyl adjacent to an activating group) is 1. The molecule has 0 radical (unpaired) electrons. The molecular formula is C13H19ClN4. The summed E-state index contributed by atoms with van der Waals surface area (Å²) in [5.41, 5.74) is 7.74. The summed E-state index contributed by atoms with van der Waals surface area (Å²) in [6.45, 7) is 6.09. The van der Waals surface area contributed by atoms with Crippen molar-refractivity contribution in [2.24, 2.45) is 0 Å². The Bertz CT molecular complexity index is 547.